The standard InChI is InChI=1S/C17H17BrN2O3S/c1-23-14-7-10-16-12(11-14)3-2-4-17(16)19-20-24(21,22)15-8-5-13(18)6-9-15/h5-11,20H,2-4H2,1H3. The number of fused-ring (bicyclic) bond motifs is 1. The maximum absolute atomic E-state index is 12.3. The average molecular weight is 409 g/mol. The summed E-state index contributed by atoms with van der Waals surface area (Å²) in [4.78, 5) is 2.53. The van der Waals surface area contributed by atoms with Crippen LogP contribution in [0.2, 0.25) is 0 Å². The molecule has 0 atom stereocenters. The van der Waals surface area contributed by atoms with E-state index < -0.39 is 10.0 Å². The highest BCUT2D eigenvalue weighted by molar-refractivity contribution is 9.10. The summed E-state index contributed by atoms with van der Waals surface area (Å²) in [6, 6.07) is 12.2. The van der Waals surface area contributed by atoms with Crippen LogP contribution in [0.25, 0.3) is 0 Å². The van der Waals surface area contributed by atoms with Crippen LogP contribution in [0, 0.1) is 0 Å². The van der Waals surface area contributed by atoms with Gasteiger partial charge in [0.2, 0.25) is 0 Å². The Morgan fingerprint density at radius 2 is 1.88 bits per heavy atom. The van der Waals surface area contributed by atoms with Crippen molar-refractivity contribution in [2.24, 2.45) is 5.10 Å². The van der Waals surface area contributed by atoms with Crippen LogP contribution in [0.15, 0.2) is 56.9 Å². The maximum Gasteiger partial charge on any atom is 0.276 e. The van der Waals surface area contributed by atoms with Crippen LogP contribution in [-0.4, -0.2) is 21.2 Å². The molecule has 5 nitrogen and oxygen atoms in total. The van der Waals surface area contributed by atoms with Crippen LogP contribution in [0.1, 0.15) is 24.0 Å². The highest BCUT2D eigenvalue weighted by atomic mass is 79.9. The van der Waals surface area contributed by atoms with Crippen molar-refractivity contribution in [3.63, 3.8) is 0 Å². The van der Waals surface area contributed by atoms with Crippen molar-refractivity contribution in [3.05, 3.63) is 58.1 Å². The summed E-state index contributed by atoms with van der Waals surface area (Å²) < 4.78 is 30.8. The number of rotatable bonds is 4. The Balaban J connectivity index is 1.87. The Morgan fingerprint density at radius 1 is 1.12 bits per heavy atom. The van der Waals surface area contributed by atoms with E-state index in [4.69, 9.17) is 4.74 Å². The van der Waals surface area contributed by atoms with Crippen LogP contribution >= 0.6 is 15.9 Å². The van der Waals surface area contributed by atoms with E-state index in [0.29, 0.717) is 0 Å². The van der Waals surface area contributed by atoms with Gasteiger partial charge >= 0.3 is 0 Å². The third kappa shape index (κ3) is 3.62. The predicted molar refractivity (Wildman–Crippen MR) is 96.9 cm³/mol. The van der Waals surface area contributed by atoms with Crippen LogP contribution in [0.5, 0.6) is 5.75 Å². The van der Waals surface area contributed by atoms with Crippen LogP contribution in [-0.2, 0) is 16.4 Å². The van der Waals surface area contributed by atoms with Crippen molar-refractivity contribution in [2.75, 3.05) is 7.11 Å². The SMILES string of the molecule is COc1ccc2c(c1)CCCC2=NNS(=O)(=O)c1ccc(Br)cc1. The van der Waals surface area contributed by atoms with E-state index in [1.165, 1.54) is 12.1 Å². The lowest BCUT2D eigenvalue weighted by Crippen LogP contribution is -2.22. The molecule has 0 saturated heterocycles. The Labute approximate surface area is 149 Å². The molecule has 0 saturated carbocycles. The topological polar surface area (TPSA) is 67.8 Å². The number of hydrogen-bond donors (Lipinski definition) is 1. The molecule has 1 aliphatic carbocycles. The number of ether oxygens (including phenoxy) is 1. The van der Waals surface area contributed by atoms with Gasteiger partial charge in [0, 0.05) is 10.0 Å². The zero-order valence-electron chi connectivity index (χ0n) is 13.1. The van der Waals surface area contributed by atoms with E-state index in [1.54, 1.807) is 19.2 Å². The van der Waals surface area contributed by atoms with E-state index in [2.05, 4.69) is 25.9 Å². The minimum absolute atomic E-state index is 0.181. The Bertz CT molecular complexity index is 877. The molecule has 1 aliphatic rings. The summed E-state index contributed by atoms with van der Waals surface area (Å²) in [6.07, 6.45) is 2.60. The fraction of sp³-hybridized carbons (Fsp3) is 0.235. The first-order valence-corrected chi connectivity index (χ1v) is 9.78. The molecule has 0 aliphatic heterocycles. The monoisotopic (exact) mass is 408 g/mol. The van der Waals surface area contributed by atoms with E-state index in [0.717, 1.165) is 46.3 Å². The number of hydrazone groups is 1. The number of aryl methyl sites for hydroxylation is 1. The van der Waals surface area contributed by atoms with Gasteiger partial charge in [0.1, 0.15) is 5.75 Å². The van der Waals surface area contributed by atoms with Crippen molar-refractivity contribution >= 4 is 31.7 Å². The number of nitrogens with one attached hydrogen (secondary N) is 1. The van der Waals surface area contributed by atoms with E-state index in [9.17, 15) is 8.42 Å². The second-order valence-corrected chi connectivity index (χ2v) is 8.06. The third-order valence-corrected chi connectivity index (χ3v) is 5.66. The van der Waals surface area contributed by atoms with Crippen molar-refractivity contribution in [1.82, 2.24) is 4.83 Å². The van der Waals surface area contributed by atoms with E-state index >= 15 is 0 Å². The van der Waals surface area contributed by atoms with Crippen molar-refractivity contribution in [3.8, 4) is 5.75 Å². The van der Waals surface area contributed by atoms with Gasteiger partial charge in [0.15, 0.2) is 0 Å². The van der Waals surface area contributed by atoms with Gasteiger partial charge in [0.05, 0.1) is 17.7 Å². The summed E-state index contributed by atoms with van der Waals surface area (Å²) in [7, 11) is -2.04. The first kappa shape index (κ1) is 17.0. The first-order valence-electron chi connectivity index (χ1n) is 7.51. The minimum Gasteiger partial charge on any atom is -0.497 e. The van der Waals surface area contributed by atoms with Gasteiger partial charge in [0.25, 0.3) is 10.0 Å². The number of sulfonamides is 1. The number of halogens is 1. The average Bonchev–Trinajstić information content (AvgIpc) is 2.59. The van der Waals surface area contributed by atoms with Crippen LogP contribution in [0.3, 0.4) is 0 Å². The largest absolute Gasteiger partial charge is 0.497 e. The number of hydrogen-bond acceptors (Lipinski definition) is 4. The molecule has 0 unspecified atom stereocenters. The second-order valence-electron chi connectivity index (χ2n) is 5.48. The first-order chi connectivity index (χ1) is 11.5. The fourth-order valence-corrected chi connectivity index (χ4v) is 3.76. The molecule has 126 valence electrons. The normalized spacial score (nSPS) is 15.8. The molecule has 0 bridgehead atoms. The molecule has 2 aromatic rings. The molecule has 1 N–H and O–H groups in total. The number of methoxy groups -OCH3 is 1. The quantitative estimate of drug-likeness (QED) is 0.787. The lowest BCUT2D eigenvalue weighted by Gasteiger charge is -2.18. The summed E-state index contributed by atoms with van der Waals surface area (Å²) >= 11 is 3.29. The van der Waals surface area contributed by atoms with E-state index in [-0.39, 0.29) is 4.90 Å². The van der Waals surface area contributed by atoms with Crippen LogP contribution in [0.4, 0.5) is 0 Å². The number of nitrogens with zero attached hydrogens (tertiary/aromatic N) is 1. The zero-order valence-corrected chi connectivity index (χ0v) is 15.5. The molecule has 0 fully saturated rings. The van der Waals surface area contributed by atoms with Crippen molar-refractivity contribution < 1.29 is 13.2 Å². The Hall–Kier alpha value is -1.86. The maximum atomic E-state index is 12.3. The number of benzene rings is 2. The van der Waals surface area contributed by atoms with Gasteiger partial charge in [-0.3, -0.25) is 0 Å². The molecule has 2 aromatic carbocycles. The summed E-state index contributed by atoms with van der Waals surface area (Å²) in [6.45, 7) is 0. The summed E-state index contributed by atoms with van der Waals surface area (Å²) in [5, 5.41) is 4.18. The van der Waals surface area contributed by atoms with Gasteiger partial charge in [-0.1, -0.05) is 15.9 Å². The zero-order chi connectivity index (χ0) is 17.2. The van der Waals surface area contributed by atoms with Crippen LogP contribution < -0.4 is 9.57 Å². The van der Waals surface area contributed by atoms with Gasteiger partial charge in [-0.25, -0.2) is 0 Å². The predicted octanol–water partition coefficient (Wildman–Crippen LogP) is 3.48. The molecule has 3 rings (SSSR count). The van der Waals surface area contributed by atoms with Gasteiger partial charge in [-0.15, -0.1) is 0 Å². The van der Waals surface area contributed by atoms with Crippen molar-refractivity contribution in [1.29, 1.82) is 0 Å². The van der Waals surface area contributed by atoms with Gasteiger partial charge < -0.3 is 4.74 Å². The molecular formula is C17H17BrN2O3S. The molecule has 24 heavy (non-hydrogen) atoms. The highest BCUT2D eigenvalue weighted by Crippen LogP contribution is 2.26. The molecule has 7 heteroatoms. The fourth-order valence-electron chi connectivity index (χ4n) is 2.66. The van der Waals surface area contributed by atoms with E-state index in [1.807, 2.05) is 18.2 Å². The molecule has 0 heterocycles. The lowest BCUT2D eigenvalue weighted by atomic mass is 9.90. The van der Waals surface area contributed by atoms with Crippen molar-refractivity contribution in [2.45, 2.75) is 24.2 Å². The summed E-state index contributed by atoms with van der Waals surface area (Å²) in [5.74, 6) is 0.797. The summed E-state index contributed by atoms with van der Waals surface area (Å²) in [5.41, 5.74) is 2.85. The van der Waals surface area contributed by atoms with Gasteiger partial charge in [-0.2, -0.15) is 18.4 Å². The second kappa shape index (κ2) is 6.94. The smallest absolute Gasteiger partial charge is 0.276 e. The molecular weight excluding hydrogens is 392 g/mol. The van der Waals surface area contributed by atoms with Gasteiger partial charge in [-0.05, 0) is 67.3 Å². The Morgan fingerprint density at radius 3 is 2.58 bits per heavy atom. The molecule has 0 amide bonds. The molecule has 0 spiro atoms. The minimum atomic E-state index is -3.67. The molecule has 0 aromatic heterocycles. The highest BCUT2D eigenvalue weighted by Gasteiger charge is 2.18. The molecule has 0 radical (unpaired) electrons. The Kier molecular flexibility index (Phi) is 4.91. The lowest BCUT2D eigenvalue weighted by molar-refractivity contribution is 0.414. The third-order valence-electron chi connectivity index (χ3n) is 3.91.